The summed E-state index contributed by atoms with van der Waals surface area (Å²) in [6.07, 6.45) is -0.395. The number of para-hydroxylation sites is 2. The van der Waals surface area contributed by atoms with Gasteiger partial charge in [0, 0.05) is 30.4 Å². The minimum atomic E-state index is -0.460. The summed E-state index contributed by atoms with van der Waals surface area (Å²) in [4.78, 5) is 35.7. The molecule has 140 valence electrons. The van der Waals surface area contributed by atoms with Crippen LogP contribution in [0.3, 0.4) is 0 Å². The number of hydrogen-bond acceptors (Lipinski definition) is 6. The SMILES string of the molecule is O=C(NCCNc1ccccc1[N+](=O)[O-])c1ccc(N2CCOC2=O)cc1. The highest BCUT2D eigenvalue weighted by Crippen LogP contribution is 2.22. The first-order valence-electron chi connectivity index (χ1n) is 8.36. The number of rotatable bonds is 7. The Morgan fingerprint density at radius 1 is 1.15 bits per heavy atom. The fourth-order valence-corrected chi connectivity index (χ4v) is 2.68. The summed E-state index contributed by atoms with van der Waals surface area (Å²) in [5, 5.41) is 16.6. The topological polar surface area (TPSA) is 114 Å². The highest BCUT2D eigenvalue weighted by Gasteiger charge is 2.23. The molecule has 0 atom stereocenters. The second-order valence-electron chi connectivity index (χ2n) is 5.77. The number of nitrogens with zero attached hydrogens (tertiary/aromatic N) is 2. The Hall–Kier alpha value is -3.62. The molecule has 27 heavy (non-hydrogen) atoms. The van der Waals surface area contributed by atoms with E-state index in [1.165, 1.54) is 11.0 Å². The number of carbonyl (C=O) groups excluding carboxylic acids is 2. The summed E-state index contributed by atoms with van der Waals surface area (Å²) < 4.78 is 4.88. The molecule has 0 aliphatic carbocycles. The number of hydrogen-bond donors (Lipinski definition) is 2. The fourth-order valence-electron chi connectivity index (χ4n) is 2.68. The van der Waals surface area contributed by atoms with Gasteiger partial charge in [-0.1, -0.05) is 12.1 Å². The van der Waals surface area contributed by atoms with E-state index >= 15 is 0 Å². The van der Waals surface area contributed by atoms with Gasteiger partial charge in [0.2, 0.25) is 0 Å². The van der Waals surface area contributed by atoms with Crippen molar-refractivity contribution in [2.45, 2.75) is 0 Å². The van der Waals surface area contributed by atoms with Crippen LogP contribution in [-0.2, 0) is 4.74 Å². The second kappa shape index (κ2) is 8.17. The van der Waals surface area contributed by atoms with Crippen LogP contribution in [0, 0.1) is 10.1 Å². The smallest absolute Gasteiger partial charge is 0.414 e. The van der Waals surface area contributed by atoms with Gasteiger partial charge >= 0.3 is 6.09 Å². The van der Waals surface area contributed by atoms with Crippen molar-refractivity contribution in [3.05, 3.63) is 64.2 Å². The summed E-state index contributed by atoms with van der Waals surface area (Å²) in [6, 6.07) is 13.0. The van der Waals surface area contributed by atoms with Gasteiger partial charge in [0.25, 0.3) is 11.6 Å². The van der Waals surface area contributed by atoms with E-state index in [0.29, 0.717) is 43.2 Å². The Kier molecular flexibility index (Phi) is 5.50. The molecule has 0 bridgehead atoms. The molecule has 1 fully saturated rings. The average molecular weight is 370 g/mol. The molecular weight excluding hydrogens is 352 g/mol. The van der Waals surface area contributed by atoms with Crippen LogP contribution in [0.15, 0.2) is 48.5 Å². The molecule has 1 saturated heterocycles. The first-order valence-corrected chi connectivity index (χ1v) is 8.36. The number of carbonyl (C=O) groups is 2. The molecule has 1 heterocycles. The lowest BCUT2D eigenvalue weighted by Gasteiger charge is -2.13. The van der Waals surface area contributed by atoms with Crippen LogP contribution in [0.5, 0.6) is 0 Å². The molecule has 2 aromatic carbocycles. The first kappa shape index (κ1) is 18.2. The first-order chi connectivity index (χ1) is 13.1. The van der Waals surface area contributed by atoms with Crippen molar-refractivity contribution in [1.29, 1.82) is 0 Å². The van der Waals surface area contributed by atoms with Crippen molar-refractivity contribution in [3.63, 3.8) is 0 Å². The lowest BCUT2D eigenvalue weighted by molar-refractivity contribution is -0.384. The van der Waals surface area contributed by atoms with Crippen molar-refractivity contribution in [1.82, 2.24) is 5.32 Å². The predicted molar refractivity (Wildman–Crippen MR) is 99.1 cm³/mol. The summed E-state index contributed by atoms with van der Waals surface area (Å²) in [5.74, 6) is -0.269. The minimum Gasteiger partial charge on any atom is -0.447 e. The molecule has 0 spiro atoms. The van der Waals surface area contributed by atoms with Gasteiger partial charge in [0.05, 0.1) is 11.5 Å². The Labute approximate surface area is 155 Å². The molecule has 0 saturated carbocycles. The number of ether oxygens (including phenoxy) is 1. The van der Waals surface area contributed by atoms with Crippen LogP contribution in [0.25, 0.3) is 0 Å². The summed E-state index contributed by atoms with van der Waals surface area (Å²) in [7, 11) is 0. The average Bonchev–Trinajstić information content (AvgIpc) is 3.11. The van der Waals surface area contributed by atoms with Crippen LogP contribution in [0.1, 0.15) is 10.4 Å². The molecule has 2 aromatic rings. The second-order valence-corrected chi connectivity index (χ2v) is 5.77. The van der Waals surface area contributed by atoms with Gasteiger partial charge in [-0.2, -0.15) is 0 Å². The predicted octanol–water partition coefficient (Wildman–Crippen LogP) is 2.39. The van der Waals surface area contributed by atoms with E-state index in [4.69, 9.17) is 4.74 Å². The van der Waals surface area contributed by atoms with Gasteiger partial charge in [0.1, 0.15) is 12.3 Å². The third-order valence-corrected chi connectivity index (χ3v) is 4.03. The van der Waals surface area contributed by atoms with E-state index in [2.05, 4.69) is 10.6 Å². The highest BCUT2D eigenvalue weighted by molar-refractivity contribution is 5.95. The van der Waals surface area contributed by atoms with Crippen molar-refractivity contribution >= 4 is 29.1 Å². The van der Waals surface area contributed by atoms with Crippen molar-refractivity contribution in [2.24, 2.45) is 0 Å². The lowest BCUT2D eigenvalue weighted by atomic mass is 10.2. The lowest BCUT2D eigenvalue weighted by Crippen LogP contribution is -2.29. The monoisotopic (exact) mass is 370 g/mol. The molecule has 1 aliphatic heterocycles. The number of nitro benzene ring substituents is 1. The molecule has 0 unspecified atom stereocenters. The molecule has 2 amide bonds. The van der Waals surface area contributed by atoms with Crippen LogP contribution in [0.4, 0.5) is 21.9 Å². The zero-order chi connectivity index (χ0) is 19.2. The third kappa shape index (κ3) is 4.32. The largest absolute Gasteiger partial charge is 0.447 e. The zero-order valence-corrected chi connectivity index (χ0v) is 14.4. The maximum absolute atomic E-state index is 12.2. The minimum absolute atomic E-state index is 0.0140. The molecular formula is C18H18N4O5. The molecule has 0 aromatic heterocycles. The standard InChI is InChI=1S/C18H18N4O5/c23-17(13-5-7-14(8-6-13)21-11-12-27-18(21)24)20-10-9-19-15-3-1-2-4-16(15)22(25)26/h1-8,19H,9-12H2,(H,20,23). The van der Waals surface area contributed by atoms with Crippen LogP contribution >= 0.6 is 0 Å². The zero-order valence-electron chi connectivity index (χ0n) is 14.4. The summed E-state index contributed by atoms with van der Waals surface area (Å²) >= 11 is 0. The van der Waals surface area contributed by atoms with Gasteiger partial charge in [-0.3, -0.25) is 19.8 Å². The van der Waals surface area contributed by atoms with Crippen LogP contribution in [0.2, 0.25) is 0 Å². The van der Waals surface area contributed by atoms with Crippen molar-refractivity contribution in [2.75, 3.05) is 36.5 Å². The van der Waals surface area contributed by atoms with Crippen molar-refractivity contribution < 1.29 is 19.2 Å². The molecule has 2 N–H and O–H groups in total. The van der Waals surface area contributed by atoms with E-state index < -0.39 is 11.0 Å². The van der Waals surface area contributed by atoms with E-state index in [1.54, 1.807) is 42.5 Å². The van der Waals surface area contributed by atoms with Crippen LogP contribution < -0.4 is 15.5 Å². The summed E-state index contributed by atoms with van der Waals surface area (Å²) in [5.41, 5.74) is 1.52. The Balaban J connectivity index is 1.50. The van der Waals surface area contributed by atoms with Gasteiger partial charge < -0.3 is 15.4 Å². The number of nitrogens with one attached hydrogen (secondary N) is 2. The molecule has 9 heteroatoms. The Morgan fingerprint density at radius 2 is 1.89 bits per heavy atom. The van der Waals surface area contributed by atoms with E-state index in [9.17, 15) is 19.7 Å². The normalized spacial score (nSPS) is 13.2. The summed E-state index contributed by atoms with van der Waals surface area (Å²) in [6.45, 7) is 1.48. The third-order valence-electron chi connectivity index (χ3n) is 4.03. The number of benzene rings is 2. The van der Waals surface area contributed by atoms with E-state index in [0.717, 1.165) is 0 Å². The Morgan fingerprint density at radius 3 is 2.56 bits per heavy atom. The molecule has 1 aliphatic rings. The molecule has 0 radical (unpaired) electrons. The molecule has 3 rings (SSSR count). The van der Waals surface area contributed by atoms with E-state index in [1.807, 2.05) is 0 Å². The van der Waals surface area contributed by atoms with Gasteiger partial charge in [0.15, 0.2) is 0 Å². The maximum atomic E-state index is 12.2. The Bertz CT molecular complexity index is 853. The quantitative estimate of drug-likeness (QED) is 0.439. The maximum Gasteiger partial charge on any atom is 0.414 e. The van der Waals surface area contributed by atoms with Gasteiger partial charge in [-0.05, 0) is 30.3 Å². The van der Waals surface area contributed by atoms with Crippen LogP contribution in [-0.4, -0.2) is 43.2 Å². The van der Waals surface area contributed by atoms with Gasteiger partial charge in [-0.15, -0.1) is 0 Å². The number of amides is 2. The highest BCUT2D eigenvalue weighted by atomic mass is 16.6. The molecule has 9 nitrogen and oxygen atoms in total. The van der Waals surface area contributed by atoms with Gasteiger partial charge in [-0.25, -0.2) is 4.79 Å². The van der Waals surface area contributed by atoms with E-state index in [-0.39, 0.29) is 11.6 Å². The number of anilines is 2. The number of nitro groups is 1. The van der Waals surface area contributed by atoms with Crippen molar-refractivity contribution in [3.8, 4) is 0 Å². The number of cyclic esters (lactones) is 1. The fraction of sp³-hybridized carbons (Fsp3) is 0.222.